The summed E-state index contributed by atoms with van der Waals surface area (Å²) in [6, 6.07) is 3.70. The van der Waals surface area contributed by atoms with E-state index in [-0.39, 0.29) is 5.91 Å². The van der Waals surface area contributed by atoms with Crippen molar-refractivity contribution in [3.63, 3.8) is 0 Å². The topological polar surface area (TPSA) is 42.0 Å². The molecule has 1 aliphatic rings. The van der Waals surface area contributed by atoms with E-state index in [1.54, 1.807) is 11.3 Å². The van der Waals surface area contributed by atoms with Crippen LogP contribution in [-0.4, -0.2) is 10.9 Å². The highest BCUT2D eigenvalue weighted by molar-refractivity contribution is 7.16. The Morgan fingerprint density at radius 1 is 1.39 bits per heavy atom. The minimum Gasteiger partial charge on any atom is -0.302 e. The zero-order chi connectivity index (χ0) is 12.5. The normalized spacial score (nSPS) is 13.6. The monoisotopic (exact) mass is 298 g/mol. The number of thiophene rings is 1. The van der Waals surface area contributed by atoms with Gasteiger partial charge in [0.1, 0.15) is 0 Å². The number of fused-ring (bicyclic) bond motifs is 1. The third kappa shape index (κ3) is 2.58. The molecule has 1 amide bonds. The van der Waals surface area contributed by atoms with E-state index in [2.05, 4.69) is 10.3 Å². The second kappa shape index (κ2) is 4.99. The van der Waals surface area contributed by atoms with Crippen LogP contribution in [0.1, 0.15) is 21.9 Å². The number of thiazole rings is 1. The summed E-state index contributed by atoms with van der Waals surface area (Å²) in [5.74, 6) is -0.0269. The maximum atomic E-state index is 11.8. The van der Waals surface area contributed by atoms with Gasteiger partial charge < -0.3 is 5.32 Å². The number of halogens is 1. The van der Waals surface area contributed by atoms with Crippen molar-refractivity contribution in [2.75, 3.05) is 5.32 Å². The van der Waals surface area contributed by atoms with Gasteiger partial charge in [-0.15, -0.1) is 22.7 Å². The molecule has 2 heterocycles. The lowest BCUT2D eigenvalue weighted by Crippen LogP contribution is -2.13. The van der Waals surface area contributed by atoms with E-state index >= 15 is 0 Å². The molecule has 18 heavy (non-hydrogen) atoms. The van der Waals surface area contributed by atoms with Gasteiger partial charge >= 0.3 is 0 Å². The quantitative estimate of drug-likeness (QED) is 0.942. The standard InChI is InChI=1S/C12H11ClN2OS2/c13-10-5-4-7(17-10)6-11(16)15-12-14-8-2-1-3-9(8)18-12/h4-5H,1-3,6H2,(H,14,15,16). The van der Waals surface area contributed by atoms with Crippen LogP contribution >= 0.6 is 34.3 Å². The minimum absolute atomic E-state index is 0.0269. The van der Waals surface area contributed by atoms with Crippen molar-refractivity contribution < 1.29 is 4.79 Å². The predicted octanol–water partition coefficient (Wildman–Crippen LogP) is 3.53. The fourth-order valence-corrected chi connectivity index (χ4v) is 4.16. The van der Waals surface area contributed by atoms with Gasteiger partial charge in [-0.25, -0.2) is 4.98 Å². The van der Waals surface area contributed by atoms with Crippen LogP contribution in [0.5, 0.6) is 0 Å². The smallest absolute Gasteiger partial charge is 0.231 e. The van der Waals surface area contributed by atoms with Gasteiger partial charge in [0.2, 0.25) is 5.91 Å². The molecule has 2 aromatic heterocycles. The number of aryl methyl sites for hydroxylation is 2. The van der Waals surface area contributed by atoms with E-state index in [0.717, 1.165) is 28.5 Å². The fourth-order valence-electron chi connectivity index (χ4n) is 2.01. The van der Waals surface area contributed by atoms with E-state index in [9.17, 15) is 4.79 Å². The lowest BCUT2D eigenvalue weighted by Gasteiger charge is -1.99. The number of nitrogens with one attached hydrogen (secondary N) is 1. The Morgan fingerprint density at radius 2 is 2.28 bits per heavy atom. The maximum Gasteiger partial charge on any atom is 0.231 e. The first-order valence-corrected chi connectivity index (χ1v) is 7.74. The SMILES string of the molecule is O=C(Cc1ccc(Cl)s1)Nc1nc2c(s1)CCC2. The van der Waals surface area contributed by atoms with Crippen LogP contribution in [0.4, 0.5) is 5.13 Å². The number of carbonyl (C=O) groups excluding carboxylic acids is 1. The summed E-state index contributed by atoms with van der Waals surface area (Å²) in [5.41, 5.74) is 1.16. The molecule has 0 spiro atoms. The molecular weight excluding hydrogens is 288 g/mol. The predicted molar refractivity (Wildman–Crippen MR) is 75.8 cm³/mol. The summed E-state index contributed by atoms with van der Waals surface area (Å²) in [4.78, 5) is 18.6. The fraction of sp³-hybridized carbons (Fsp3) is 0.333. The van der Waals surface area contributed by atoms with Crippen molar-refractivity contribution >= 4 is 45.3 Å². The minimum atomic E-state index is -0.0269. The molecule has 1 N–H and O–H groups in total. The van der Waals surface area contributed by atoms with Crippen molar-refractivity contribution in [1.29, 1.82) is 0 Å². The van der Waals surface area contributed by atoms with Crippen molar-refractivity contribution in [1.82, 2.24) is 4.98 Å². The van der Waals surface area contributed by atoms with Gasteiger partial charge in [0, 0.05) is 9.75 Å². The number of aromatic nitrogens is 1. The lowest BCUT2D eigenvalue weighted by atomic mass is 10.3. The van der Waals surface area contributed by atoms with E-state index in [1.165, 1.54) is 22.6 Å². The third-order valence-electron chi connectivity index (χ3n) is 2.81. The first kappa shape index (κ1) is 12.1. The molecule has 0 atom stereocenters. The van der Waals surface area contributed by atoms with Crippen LogP contribution in [0.25, 0.3) is 0 Å². The Labute approximate surface area is 118 Å². The molecule has 2 aromatic rings. The van der Waals surface area contributed by atoms with Gasteiger partial charge in [-0.05, 0) is 31.4 Å². The molecule has 0 bridgehead atoms. The molecule has 0 fully saturated rings. The molecule has 0 aromatic carbocycles. The molecule has 0 saturated heterocycles. The van der Waals surface area contributed by atoms with Gasteiger partial charge in [0.05, 0.1) is 16.5 Å². The first-order chi connectivity index (χ1) is 8.70. The van der Waals surface area contributed by atoms with Crippen LogP contribution in [0, 0.1) is 0 Å². The highest BCUT2D eigenvalue weighted by atomic mass is 35.5. The van der Waals surface area contributed by atoms with Gasteiger partial charge in [-0.1, -0.05) is 11.6 Å². The zero-order valence-electron chi connectivity index (χ0n) is 9.53. The highest BCUT2D eigenvalue weighted by Crippen LogP contribution is 2.30. The summed E-state index contributed by atoms with van der Waals surface area (Å²) in [5, 5.41) is 3.59. The summed E-state index contributed by atoms with van der Waals surface area (Å²) in [6.07, 6.45) is 3.70. The molecule has 0 saturated carbocycles. The van der Waals surface area contributed by atoms with Crippen LogP contribution in [-0.2, 0) is 24.1 Å². The van der Waals surface area contributed by atoms with Crippen LogP contribution < -0.4 is 5.32 Å². The van der Waals surface area contributed by atoms with Crippen LogP contribution in [0.2, 0.25) is 4.34 Å². The Balaban J connectivity index is 1.63. The van der Waals surface area contributed by atoms with Crippen molar-refractivity contribution in [3.8, 4) is 0 Å². The summed E-state index contributed by atoms with van der Waals surface area (Å²) >= 11 is 8.87. The number of anilines is 1. The zero-order valence-corrected chi connectivity index (χ0v) is 11.9. The molecule has 6 heteroatoms. The average molecular weight is 299 g/mol. The van der Waals surface area contributed by atoms with Crippen LogP contribution in [0.3, 0.4) is 0 Å². The molecular formula is C12H11ClN2OS2. The lowest BCUT2D eigenvalue weighted by molar-refractivity contribution is -0.115. The number of nitrogens with zero attached hydrogens (tertiary/aromatic N) is 1. The van der Waals surface area contributed by atoms with E-state index < -0.39 is 0 Å². The Kier molecular flexibility index (Phi) is 3.37. The summed E-state index contributed by atoms with van der Waals surface area (Å²) < 4.78 is 0.714. The molecule has 3 rings (SSSR count). The van der Waals surface area contributed by atoms with Gasteiger partial charge in [0.15, 0.2) is 5.13 Å². The van der Waals surface area contributed by atoms with Gasteiger partial charge in [0.25, 0.3) is 0 Å². The van der Waals surface area contributed by atoms with Crippen molar-refractivity contribution in [2.24, 2.45) is 0 Å². The number of hydrogen-bond donors (Lipinski definition) is 1. The van der Waals surface area contributed by atoms with E-state index in [0.29, 0.717) is 10.8 Å². The van der Waals surface area contributed by atoms with Crippen molar-refractivity contribution in [2.45, 2.75) is 25.7 Å². The Bertz CT molecular complexity index is 569. The molecule has 0 radical (unpaired) electrons. The number of amides is 1. The van der Waals surface area contributed by atoms with E-state index in [4.69, 9.17) is 11.6 Å². The molecule has 94 valence electrons. The van der Waals surface area contributed by atoms with E-state index in [1.807, 2.05) is 12.1 Å². The van der Waals surface area contributed by atoms with Gasteiger partial charge in [-0.3, -0.25) is 4.79 Å². The third-order valence-corrected chi connectivity index (χ3v) is 5.11. The van der Waals surface area contributed by atoms with Crippen LogP contribution in [0.15, 0.2) is 12.1 Å². The average Bonchev–Trinajstić information content (AvgIpc) is 2.94. The second-order valence-electron chi connectivity index (χ2n) is 4.17. The Morgan fingerprint density at radius 3 is 3.00 bits per heavy atom. The number of hydrogen-bond acceptors (Lipinski definition) is 4. The van der Waals surface area contributed by atoms with Gasteiger partial charge in [-0.2, -0.15) is 0 Å². The number of carbonyl (C=O) groups is 1. The molecule has 1 aliphatic carbocycles. The summed E-state index contributed by atoms with van der Waals surface area (Å²) in [6.45, 7) is 0. The summed E-state index contributed by atoms with van der Waals surface area (Å²) in [7, 11) is 0. The highest BCUT2D eigenvalue weighted by Gasteiger charge is 2.17. The number of rotatable bonds is 3. The maximum absolute atomic E-state index is 11.8. The molecule has 0 aliphatic heterocycles. The first-order valence-electron chi connectivity index (χ1n) is 5.73. The molecule has 3 nitrogen and oxygen atoms in total. The van der Waals surface area contributed by atoms with Crippen molar-refractivity contribution in [3.05, 3.63) is 31.9 Å². The molecule has 0 unspecified atom stereocenters. The Hall–Kier alpha value is -0.910. The second-order valence-corrected chi connectivity index (χ2v) is 7.06. The largest absolute Gasteiger partial charge is 0.302 e.